The lowest BCUT2D eigenvalue weighted by Gasteiger charge is -1.89. The molecular weight excluding hydrogens is 264 g/mol. The van der Waals surface area contributed by atoms with E-state index in [9.17, 15) is 9.59 Å². The number of carbonyl (C=O) groups is 2. The van der Waals surface area contributed by atoms with Gasteiger partial charge in [0, 0.05) is 17.7 Å². The van der Waals surface area contributed by atoms with Crippen molar-refractivity contribution in [3.8, 4) is 6.07 Å². The van der Waals surface area contributed by atoms with Gasteiger partial charge in [0.2, 0.25) is 0 Å². The topological polar surface area (TPSA) is 70.0 Å². The molecule has 4 nitrogen and oxygen atoms in total. The van der Waals surface area contributed by atoms with Gasteiger partial charge >= 0.3 is 0 Å². The maximum Gasteiger partial charge on any atom is 0.254 e. The van der Waals surface area contributed by atoms with Crippen molar-refractivity contribution in [2.24, 2.45) is 0 Å². The normalized spacial score (nSPS) is 13.6. The summed E-state index contributed by atoms with van der Waals surface area (Å²) in [5.41, 5.74) is 1.71. The Bertz CT molecular complexity index is 620. The molecule has 1 aromatic carbocycles. The van der Waals surface area contributed by atoms with Gasteiger partial charge in [-0.25, -0.2) is 0 Å². The van der Waals surface area contributed by atoms with Crippen LogP contribution in [0.4, 0.5) is 0 Å². The Labute approximate surface area is 124 Å². The predicted molar refractivity (Wildman–Crippen MR) is 81.8 cm³/mol. The molecule has 0 radical (unpaired) electrons. The minimum absolute atomic E-state index is 0.248. The molecule has 21 heavy (non-hydrogen) atoms. The summed E-state index contributed by atoms with van der Waals surface area (Å²) < 4.78 is 0. The molecule has 0 aromatic heterocycles. The fourth-order valence-electron chi connectivity index (χ4n) is 1.54. The fraction of sp³-hybridized carbons (Fsp3) is 0.118. The minimum Gasteiger partial charge on any atom is -0.289 e. The van der Waals surface area contributed by atoms with Crippen LogP contribution in [0.25, 0.3) is 6.08 Å². The van der Waals surface area contributed by atoms with Gasteiger partial charge in [0.1, 0.15) is 0 Å². The van der Waals surface area contributed by atoms with Crippen LogP contribution in [-0.2, 0) is 9.59 Å². The minimum atomic E-state index is -0.295. The number of nitrogens with zero attached hydrogens (tertiary/aromatic N) is 1. The quantitative estimate of drug-likeness (QED) is 0.526. The molecule has 0 unspecified atom stereocenters. The number of allylic oxidation sites excluding steroid dienone is 3. The van der Waals surface area contributed by atoms with Gasteiger partial charge in [0.15, 0.2) is 0 Å². The van der Waals surface area contributed by atoms with Gasteiger partial charge in [-0.15, -0.1) is 0 Å². The van der Waals surface area contributed by atoms with Crippen LogP contribution in [0.15, 0.2) is 60.2 Å². The first-order valence-corrected chi connectivity index (χ1v) is 6.51. The van der Waals surface area contributed by atoms with Gasteiger partial charge in [0.25, 0.3) is 11.8 Å². The number of hydrogen-bond donors (Lipinski definition) is 1. The van der Waals surface area contributed by atoms with E-state index in [1.165, 1.54) is 12.2 Å². The maximum absolute atomic E-state index is 10.6. The van der Waals surface area contributed by atoms with Crippen LogP contribution in [0.2, 0.25) is 0 Å². The molecule has 0 spiro atoms. The molecule has 1 N–H and O–H groups in total. The third-order valence-electron chi connectivity index (χ3n) is 2.58. The molecule has 106 valence electrons. The highest BCUT2D eigenvalue weighted by Gasteiger charge is 2.17. The molecule has 4 heteroatoms. The summed E-state index contributed by atoms with van der Waals surface area (Å²) >= 11 is 0. The number of hydrogen-bond acceptors (Lipinski definition) is 3. The van der Waals surface area contributed by atoms with E-state index in [0.29, 0.717) is 12.0 Å². The number of nitrogens with one attached hydrogen (secondary N) is 1. The van der Waals surface area contributed by atoms with Crippen molar-refractivity contribution in [3.05, 3.63) is 65.8 Å². The molecule has 0 atom stereocenters. The first-order chi connectivity index (χ1) is 10.2. The van der Waals surface area contributed by atoms with Crippen LogP contribution in [0.3, 0.4) is 0 Å². The lowest BCUT2D eigenvalue weighted by atomic mass is 10.2. The smallest absolute Gasteiger partial charge is 0.254 e. The molecule has 0 saturated carbocycles. The average molecular weight is 280 g/mol. The molecule has 1 aliphatic rings. The van der Waals surface area contributed by atoms with E-state index in [1.54, 1.807) is 6.08 Å². The molecule has 0 aliphatic carbocycles. The lowest BCUT2D eigenvalue weighted by molar-refractivity contribution is -0.123. The van der Waals surface area contributed by atoms with Crippen LogP contribution < -0.4 is 5.32 Å². The highest BCUT2D eigenvalue weighted by atomic mass is 16.2. The van der Waals surface area contributed by atoms with Gasteiger partial charge in [0.05, 0.1) is 6.07 Å². The molecule has 0 fully saturated rings. The van der Waals surface area contributed by atoms with E-state index in [0.717, 1.165) is 5.56 Å². The van der Waals surface area contributed by atoms with Crippen molar-refractivity contribution < 1.29 is 9.59 Å². The van der Waals surface area contributed by atoms with E-state index >= 15 is 0 Å². The number of amides is 2. The zero-order valence-electron chi connectivity index (χ0n) is 11.7. The van der Waals surface area contributed by atoms with E-state index in [-0.39, 0.29) is 11.8 Å². The first-order valence-electron chi connectivity index (χ1n) is 6.51. The van der Waals surface area contributed by atoms with Crippen molar-refractivity contribution in [3.63, 3.8) is 0 Å². The van der Waals surface area contributed by atoms with Crippen molar-refractivity contribution in [2.45, 2.75) is 13.3 Å². The Morgan fingerprint density at radius 2 is 1.90 bits per heavy atom. The number of nitriles is 1. The average Bonchev–Trinajstić information content (AvgIpc) is 2.83. The van der Waals surface area contributed by atoms with E-state index in [4.69, 9.17) is 5.26 Å². The third-order valence-corrected chi connectivity index (χ3v) is 2.58. The van der Waals surface area contributed by atoms with Gasteiger partial charge < -0.3 is 0 Å². The fourth-order valence-corrected chi connectivity index (χ4v) is 1.54. The predicted octanol–water partition coefficient (Wildman–Crippen LogP) is 2.76. The van der Waals surface area contributed by atoms with Gasteiger partial charge in [-0.05, 0) is 12.0 Å². The second kappa shape index (κ2) is 9.05. The zero-order chi connectivity index (χ0) is 15.5. The Hall–Kier alpha value is -2.93. The Kier molecular flexibility index (Phi) is 6.95. The van der Waals surface area contributed by atoms with Crippen LogP contribution in [0.1, 0.15) is 18.9 Å². The molecule has 1 aliphatic heterocycles. The highest BCUT2D eigenvalue weighted by Crippen LogP contribution is 2.04. The summed E-state index contributed by atoms with van der Waals surface area (Å²) in [4.78, 5) is 21.0. The summed E-state index contributed by atoms with van der Waals surface area (Å²) in [5, 5.41) is 10.3. The van der Waals surface area contributed by atoms with Crippen LogP contribution >= 0.6 is 0 Å². The Balaban J connectivity index is 0.000000219. The SMILES string of the molecule is CCC1=CC(=O)NC1=O.N#CC=CC=Cc1ccccc1. The van der Waals surface area contributed by atoms with Crippen molar-refractivity contribution >= 4 is 17.9 Å². The number of rotatable bonds is 3. The number of imide groups is 1. The highest BCUT2D eigenvalue weighted by molar-refractivity contribution is 6.16. The van der Waals surface area contributed by atoms with E-state index in [2.05, 4.69) is 5.32 Å². The molecule has 2 rings (SSSR count). The van der Waals surface area contributed by atoms with Gasteiger partial charge in [-0.3, -0.25) is 14.9 Å². The standard InChI is InChI=1S/C11H9N.C6H7NO2/c12-10-6-2-5-9-11-7-3-1-4-8-11;1-2-4-3-5(8)7-6(4)9/h1-9H;3H,2H2,1H3,(H,7,8,9). The zero-order valence-corrected chi connectivity index (χ0v) is 11.7. The lowest BCUT2D eigenvalue weighted by Crippen LogP contribution is -2.21. The summed E-state index contributed by atoms with van der Waals surface area (Å²) in [6.45, 7) is 1.84. The maximum atomic E-state index is 10.6. The van der Waals surface area contributed by atoms with Crippen LogP contribution in [0, 0.1) is 11.3 Å². The monoisotopic (exact) mass is 280 g/mol. The Morgan fingerprint density at radius 3 is 2.38 bits per heavy atom. The molecule has 2 amide bonds. The van der Waals surface area contributed by atoms with E-state index < -0.39 is 0 Å². The summed E-state index contributed by atoms with van der Waals surface area (Å²) in [6.07, 6.45) is 8.92. The largest absolute Gasteiger partial charge is 0.289 e. The summed E-state index contributed by atoms with van der Waals surface area (Å²) in [5.74, 6) is -0.542. The van der Waals surface area contributed by atoms with Gasteiger partial charge in [-0.1, -0.05) is 55.5 Å². The molecule has 0 bridgehead atoms. The van der Waals surface area contributed by atoms with E-state index in [1.807, 2.05) is 55.5 Å². The number of carbonyl (C=O) groups excluding carboxylic acids is 2. The molecule has 0 saturated heterocycles. The van der Waals surface area contributed by atoms with Crippen molar-refractivity contribution in [1.82, 2.24) is 5.32 Å². The van der Waals surface area contributed by atoms with Crippen molar-refractivity contribution in [1.29, 1.82) is 5.26 Å². The second-order valence-corrected chi connectivity index (χ2v) is 4.10. The van der Waals surface area contributed by atoms with Crippen LogP contribution in [0.5, 0.6) is 0 Å². The molecule has 1 heterocycles. The van der Waals surface area contributed by atoms with Gasteiger partial charge in [-0.2, -0.15) is 5.26 Å². The summed E-state index contributed by atoms with van der Waals surface area (Å²) in [7, 11) is 0. The number of benzene rings is 1. The Morgan fingerprint density at radius 1 is 1.19 bits per heavy atom. The molecule has 1 aromatic rings. The molecular formula is C17H16N2O2. The van der Waals surface area contributed by atoms with Crippen LogP contribution in [-0.4, -0.2) is 11.8 Å². The van der Waals surface area contributed by atoms with Crippen molar-refractivity contribution in [2.75, 3.05) is 0 Å². The third kappa shape index (κ3) is 6.17. The first kappa shape index (κ1) is 16.1. The summed E-state index contributed by atoms with van der Waals surface area (Å²) in [6, 6.07) is 11.9. The second-order valence-electron chi connectivity index (χ2n) is 4.10.